The van der Waals surface area contributed by atoms with Crippen LogP contribution in [0.5, 0.6) is 0 Å². The molecule has 1 amide bonds. The second kappa shape index (κ2) is 9.22. The van der Waals surface area contributed by atoms with E-state index in [0.29, 0.717) is 28.9 Å². The summed E-state index contributed by atoms with van der Waals surface area (Å²) in [5.41, 5.74) is 0.339. The summed E-state index contributed by atoms with van der Waals surface area (Å²) in [6.07, 6.45) is 2.50. The molecule has 0 radical (unpaired) electrons. The number of ether oxygens (including phenoxy) is 1. The van der Waals surface area contributed by atoms with E-state index in [-0.39, 0.29) is 24.6 Å². The largest absolute Gasteiger partial charge is 0.385 e. The molecule has 0 aliphatic heterocycles. The quantitative estimate of drug-likeness (QED) is 0.448. The van der Waals surface area contributed by atoms with Gasteiger partial charge in [-0.05, 0) is 42.3 Å². The molecule has 2 aromatic heterocycles. The van der Waals surface area contributed by atoms with Crippen LogP contribution in [0.4, 0.5) is 5.69 Å². The number of anilines is 1. The summed E-state index contributed by atoms with van der Waals surface area (Å²) in [6.45, 7) is 0.525. The van der Waals surface area contributed by atoms with Crippen molar-refractivity contribution >= 4 is 44.9 Å². The molecule has 3 aromatic rings. The molecule has 28 heavy (non-hydrogen) atoms. The first-order valence-electron chi connectivity index (χ1n) is 8.69. The van der Waals surface area contributed by atoms with E-state index in [4.69, 9.17) is 4.74 Å². The van der Waals surface area contributed by atoms with Crippen LogP contribution in [0.25, 0.3) is 10.2 Å². The minimum Gasteiger partial charge on any atom is -0.385 e. The number of carbonyl (C=O) groups is 1. The van der Waals surface area contributed by atoms with Crippen LogP contribution >= 0.6 is 23.1 Å². The third-order valence-corrected chi connectivity index (χ3v) is 5.84. The number of rotatable bonds is 8. The Hall–Kier alpha value is -2.36. The van der Waals surface area contributed by atoms with Crippen molar-refractivity contribution in [3.63, 3.8) is 0 Å². The third-order valence-electron chi connectivity index (χ3n) is 4.22. The van der Waals surface area contributed by atoms with Crippen LogP contribution < -0.4 is 16.6 Å². The summed E-state index contributed by atoms with van der Waals surface area (Å²) < 4.78 is 8.01. The number of benzene rings is 1. The van der Waals surface area contributed by atoms with E-state index >= 15 is 0 Å². The normalized spacial score (nSPS) is 11.1. The van der Waals surface area contributed by atoms with Gasteiger partial charge in [0.2, 0.25) is 5.91 Å². The lowest BCUT2D eigenvalue weighted by atomic mass is 10.3. The van der Waals surface area contributed by atoms with Crippen molar-refractivity contribution in [1.29, 1.82) is 0 Å². The fourth-order valence-corrected chi connectivity index (χ4v) is 4.20. The predicted octanol–water partition coefficient (Wildman–Crippen LogP) is 2.62. The number of thioether (sulfide) groups is 1. The second-order valence-electron chi connectivity index (χ2n) is 6.09. The Balaban J connectivity index is 1.91. The first-order valence-corrected chi connectivity index (χ1v) is 10.8. The highest BCUT2D eigenvalue weighted by atomic mass is 32.2. The van der Waals surface area contributed by atoms with E-state index in [9.17, 15) is 14.4 Å². The molecule has 0 aliphatic carbocycles. The van der Waals surface area contributed by atoms with Crippen molar-refractivity contribution in [3.05, 3.63) is 56.5 Å². The van der Waals surface area contributed by atoms with Crippen molar-refractivity contribution in [2.24, 2.45) is 0 Å². The number of amides is 1. The summed E-state index contributed by atoms with van der Waals surface area (Å²) >= 11 is 2.85. The molecule has 0 atom stereocenters. The van der Waals surface area contributed by atoms with Gasteiger partial charge >= 0.3 is 5.69 Å². The van der Waals surface area contributed by atoms with E-state index in [0.717, 1.165) is 4.90 Å². The van der Waals surface area contributed by atoms with Gasteiger partial charge in [-0.15, -0.1) is 23.1 Å². The Kier molecular flexibility index (Phi) is 6.71. The van der Waals surface area contributed by atoms with Crippen LogP contribution in [0, 0.1) is 0 Å². The lowest BCUT2D eigenvalue weighted by Gasteiger charge is -2.12. The number of carbonyl (C=O) groups excluding carboxylic acids is 1. The molecule has 0 fully saturated rings. The number of hydrogen-bond acceptors (Lipinski definition) is 6. The summed E-state index contributed by atoms with van der Waals surface area (Å²) in [7, 11) is 1.57. The Morgan fingerprint density at radius 3 is 2.82 bits per heavy atom. The molecule has 148 valence electrons. The molecule has 0 bridgehead atoms. The summed E-state index contributed by atoms with van der Waals surface area (Å²) in [5, 5.41) is 4.57. The van der Waals surface area contributed by atoms with Gasteiger partial charge in [-0.25, -0.2) is 4.79 Å². The van der Waals surface area contributed by atoms with E-state index in [2.05, 4.69) is 5.32 Å². The number of hydrogen-bond donors (Lipinski definition) is 1. The summed E-state index contributed by atoms with van der Waals surface area (Å²) in [4.78, 5) is 39.1. The third kappa shape index (κ3) is 4.37. The van der Waals surface area contributed by atoms with Crippen molar-refractivity contribution < 1.29 is 9.53 Å². The topological polar surface area (TPSA) is 82.3 Å². The van der Waals surface area contributed by atoms with E-state index in [1.807, 2.05) is 24.5 Å². The van der Waals surface area contributed by atoms with Crippen LogP contribution in [-0.2, 0) is 22.6 Å². The molecule has 0 unspecified atom stereocenters. The van der Waals surface area contributed by atoms with Gasteiger partial charge in [0.15, 0.2) is 0 Å². The number of nitrogens with one attached hydrogen (secondary N) is 1. The molecule has 1 N–H and O–H groups in total. The molecule has 0 aliphatic rings. The molecule has 0 spiro atoms. The van der Waals surface area contributed by atoms with Gasteiger partial charge in [0.1, 0.15) is 11.2 Å². The SMILES string of the molecule is COCCCn1c(=O)c2sccc2n(CC(=O)Nc2cccc(SC)c2)c1=O. The number of methoxy groups -OCH3 is 1. The van der Waals surface area contributed by atoms with Gasteiger partial charge in [0.05, 0.1) is 5.52 Å². The number of nitrogens with zero attached hydrogens (tertiary/aromatic N) is 2. The summed E-state index contributed by atoms with van der Waals surface area (Å²) in [6, 6.07) is 9.18. The monoisotopic (exact) mass is 419 g/mol. The fourth-order valence-electron chi connectivity index (χ4n) is 2.90. The number of fused-ring (bicyclic) bond motifs is 1. The zero-order chi connectivity index (χ0) is 20.1. The first kappa shape index (κ1) is 20.4. The standard InChI is InChI=1S/C19H21N3O4S2/c1-26-9-4-8-21-18(24)17-15(7-10-28-17)22(19(21)25)12-16(23)20-13-5-3-6-14(11-13)27-2/h3,5-7,10-11H,4,8-9,12H2,1-2H3,(H,20,23). The van der Waals surface area contributed by atoms with Crippen molar-refractivity contribution in [3.8, 4) is 0 Å². The van der Waals surface area contributed by atoms with Gasteiger partial charge in [-0.2, -0.15) is 0 Å². The first-order chi connectivity index (χ1) is 13.5. The minimum atomic E-state index is -0.486. The van der Waals surface area contributed by atoms with E-state index < -0.39 is 5.69 Å². The Labute approximate surface area is 169 Å². The molecular weight excluding hydrogens is 398 g/mol. The van der Waals surface area contributed by atoms with Gasteiger partial charge in [0, 0.05) is 30.8 Å². The van der Waals surface area contributed by atoms with Gasteiger partial charge < -0.3 is 10.1 Å². The zero-order valence-corrected chi connectivity index (χ0v) is 17.3. The second-order valence-corrected chi connectivity index (χ2v) is 7.88. The van der Waals surface area contributed by atoms with Crippen LogP contribution in [0.1, 0.15) is 6.42 Å². The molecule has 7 nitrogen and oxygen atoms in total. The van der Waals surface area contributed by atoms with Crippen LogP contribution in [-0.4, -0.2) is 35.0 Å². The highest BCUT2D eigenvalue weighted by Gasteiger charge is 2.16. The molecule has 0 saturated heterocycles. The minimum absolute atomic E-state index is 0.167. The maximum absolute atomic E-state index is 12.9. The van der Waals surface area contributed by atoms with Crippen molar-refractivity contribution in [2.45, 2.75) is 24.4 Å². The van der Waals surface area contributed by atoms with Gasteiger partial charge in [-0.1, -0.05) is 6.07 Å². The maximum Gasteiger partial charge on any atom is 0.332 e. The Morgan fingerprint density at radius 1 is 1.25 bits per heavy atom. The zero-order valence-electron chi connectivity index (χ0n) is 15.6. The van der Waals surface area contributed by atoms with E-state index in [1.165, 1.54) is 20.5 Å². The molecule has 2 heterocycles. The maximum atomic E-state index is 12.9. The average molecular weight is 420 g/mol. The van der Waals surface area contributed by atoms with Crippen LogP contribution in [0.3, 0.4) is 0 Å². The molecule has 1 aromatic carbocycles. The van der Waals surface area contributed by atoms with E-state index in [1.54, 1.807) is 36.4 Å². The van der Waals surface area contributed by atoms with Gasteiger partial charge in [-0.3, -0.25) is 18.7 Å². The Morgan fingerprint density at radius 2 is 2.07 bits per heavy atom. The molecule has 0 saturated carbocycles. The average Bonchev–Trinajstić information content (AvgIpc) is 3.18. The molecule has 9 heteroatoms. The smallest absolute Gasteiger partial charge is 0.332 e. The molecular formula is C19H21N3O4S2. The van der Waals surface area contributed by atoms with Crippen molar-refractivity contribution in [1.82, 2.24) is 9.13 Å². The Bertz CT molecular complexity index is 1100. The van der Waals surface area contributed by atoms with Crippen LogP contribution in [0.15, 0.2) is 50.2 Å². The highest BCUT2D eigenvalue weighted by molar-refractivity contribution is 7.98. The highest BCUT2D eigenvalue weighted by Crippen LogP contribution is 2.19. The molecule has 3 rings (SSSR count). The number of thiophene rings is 1. The predicted molar refractivity (Wildman–Crippen MR) is 114 cm³/mol. The van der Waals surface area contributed by atoms with Crippen LogP contribution in [0.2, 0.25) is 0 Å². The van der Waals surface area contributed by atoms with Gasteiger partial charge in [0.25, 0.3) is 5.56 Å². The fraction of sp³-hybridized carbons (Fsp3) is 0.316. The summed E-state index contributed by atoms with van der Waals surface area (Å²) in [5.74, 6) is -0.324. The van der Waals surface area contributed by atoms with Crippen molar-refractivity contribution in [2.75, 3.05) is 25.3 Å². The lowest BCUT2D eigenvalue weighted by molar-refractivity contribution is -0.116. The number of aromatic nitrogens is 2. The lowest BCUT2D eigenvalue weighted by Crippen LogP contribution is -2.41.